The van der Waals surface area contributed by atoms with Gasteiger partial charge in [0.25, 0.3) is 5.91 Å². The monoisotopic (exact) mass is 272 g/mol. The molecule has 0 aliphatic carbocycles. The average molecular weight is 272 g/mol. The summed E-state index contributed by atoms with van der Waals surface area (Å²) in [6.07, 6.45) is 2.69. The van der Waals surface area contributed by atoms with E-state index in [0.717, 1.165) is 12.1 Å². The van der Waals surface area contributed by atoms with E-state index in [1.807, 2.05) is 31.2 Å². The third-order valence-electron chi connectivity index (χ3n) is 3.52. The molecule has 1 amide bonds. The SMILES string of the molecule is CCC(C)N(C)C(=O)c1ccn(-c2cccc(N)c2)n1. The second-order valence-electron chi connectivity index (χ2n) is 4.91. The van der Waals surface area contributed by atoms with Crippen molar-refractivity contribution < 1.29 is 4.79 Å². The number of nitrogen functional groups attached to an aromatic ring is 1. The number of benzene rings is 1. The Morgan fingerprint density at radius 1 is 1.45 bits per heavy atom. The van der Waals surface area contributed by atoms with Crippen molar-refractivity contribution >= 4 is 11.6 Å². The van der Waals surface area contributed by atoms with E-state index in [2.05, 4.69) is 12.0 Å². The van der Waals surface area contributed by atoms with Crippen molar-refractivity contribution in [3.05, 3.63) is 42.2 Å². The number of nitrogens with two attached hydrogens (primary N) is 1. The first-order valence-corrected chi connectivity index (χ1v) is 6.71. The molecule has 0 fully saturated rings. The molecule has 0 bridgehead atoms. The molecule has 0 radical (unpaired) electrons. The van der Waals surface area contributed by atoms with Crippen molar-refractivity contribution in [1.29, 1.82) is 0 Å². The Kier molecular flexibility index (Phi) is 4.08. The normalized spacial score (nSPS) is 12.2. The second kappa shape index (κ2) is 5.77. The summed E-state index contributed by atoms with van der Waals surface area (Å²) in [6, 6.07) is 9.31. The van der Waals surface area contributed by atoms with Crippen molar-refractivity contribution in [2.75, 3.05) is 12.8 Å². The van der Waals surface area contributed by atoms with Gasteiger partial charge in [0.1, 0.15) is 0 Å². The van der Waals surface area contributed by atoms with Crippen molar-refractivity contribution in [1.82, 2.24) is 14.7 Å². The molecule has 0 saturated carbocycles. The molecule has 1 aromatic carbocycles. The maximum atomic E-state index is 12.3. The summed E-state index contributed by atoms with van der Waals surface area (Å²) in [5.41, 5.74) is 7.70. The molecule has 0 saturated heterocycles. The lowest BCUT2D eigenvalue weighted by Crippen LogP contribution is -2.34. The van der Waals surface area contributed by atoms with Gasteiger partial charge in [-0.3, -0.25) is 4.79 Å². The maximum absolute atomic E-state index is 12.3. The molecule has 1 heterocycles. The number of carbonyl (C=O) groups is 1. The highest BCUT2D eigenvalue weighted by Crippen LogP contribution is 2.13. The van der Waals surface area contributed by atoms with Gasteiger partial charge in [0, 0.05) is 25.0 Å². The van der Waals surface area contributed by atoms with E-state index >= 15 is 0 Å². The number of aromatic nitrogens is 2. The van der Waals surface area contributed by atoms with Crippen LogP contribution in [0.25, 0.3) is 5.69 Å². The van der Waals surface area contributed by atoms with Crippen molar-refractivity contribution in [2.45, 2.75) is 26.3 Å². The first kappa shape index (κ1) is 14.1. The molecule has 0 spiro atoms. The summed E-state index contributed by atoms with van der Waals surface area (Å²) in [7, 11) is 1.80. The van der Waals surface area contributed by atoms with Gasteiger partial charge in [0.15, 0.2) is 5.69 Å². The van der Waals surface area contributed by atoms with E-state index in [1.54, 1.807) is 28.9 Å². The number of amides is 1. The molecule has 0 aliphatic heterocycles. The lowest BCUT2D eigenvalue weighted by atomic mass is 10.2. The van der Waals surface area contributed by atoms with Crippen LogP contribution in [0, 0.1) is 0 Å². The zero-order valence-electron chi connectivity index (χ0n) is 12.1. The predicted molar refractivity (Wildman–Crippen MR) is 79.8 cm³/mol. The van der Waals surface area contributed by atoms with Gasteiger partial charge in [-0.2, -0.15) is 5.10 Å². The molecule has 1 atom stereocenters. The van der Waals surface area contributed by atoms with E-state index in [9.17, 15) is 4.79 Å². The summed E-state index contributed by atoms with van der Waals surface area (Å²) in [5, 5.41) is 4.33. The number of carbonyl (C=O) groups excluding carboxylic acids is 1. The Labute approximate surface area is 119 Å². The van der Waals surface area contributed by atoms with Gasteiger partial charge >= 0.3 is 0 Å². The van der Waals surface area contributed by atoms with Crippen LogP contribution >= 0.6 is 0 Å². The topological polar surface area (TPSA) is 64.2 Å². The third kappa shape index (κ3) is 2.82. The molecule has 20 heavy (non-hydrogen) atoms. The van der Waals surface area contributed by atoms with Crippen molar-refractivity contribution in [3.8, 4) is 5.69 Å². The van der Waals surface area contributed by atoms with Crippen LogP contribution in [0.3, 0.4) is 0 Å². The molecular weight excluding hydrogens is 252 g/mol. The minimum Gasteiger partial charge on any atom is -0.399 e. The van der Waals surface area contributed by atoms with Crippen molar-refractivity contribution in [3.63, 3.8) is 0 Å². The molecule has 1 unspecified atom stereocenters. The smallest absolute Gasteiger partial charge is 0.274 e. The molecule has 1 aromatic heterocycles. The largest absolute Gasteiger partial charge is 0.399 e. The van der Waals surface area contributed by atoms with E-state index in [0.29, 0.717) is 11.4 Å². The minimum absolute atomic E-state index is 0.0676. The molecular formula is C15H20N4O. The highest BCUT2D eigenvalue weighted by Gasteiger charge is 2.18. The Morgan fingerprint density at radius 3 is 2.85 bits per heavy atom. The van der Waals surface area contributed by atoms with Crippen molar-refractivity contribution in [2.24, 2.45) is 0 Å². The lowest BCUT2D eigenvalue weighted by molar-refractivity contribution is 0.0734. The summed E-state index contributed by atoms with van der Waals surface area (Å²) in [6.45, 7) is 4.08. The summed E-state index contributed by atoms with van der Waals surface area (Å²) >= 11 is 0. The van der Waals surface area contributed by atoms with Crippen LogP contribution in [-0.4, -0.2) is 33.7 Å². The number of rotatable bonds is 4. The molecule has 2 N–H and O–H groups in total. The average Bonchev–Trinajstić information content (AvgIpc) is 2.94. The predicted octanol–water partition coefficient (Wildman–Crippen LogP) is 2.33. The van der Waals surface area contributed by atoms with Crippen LogP contribution in [0.4, 0.5) is 5.69 Å². The summed E-state index contributed by atoms with van der Waals surface area (Å²) in [5.74, 6) is -0.0676. The van der Waals surface area contributed by atoms with Crippen LogP contribution in [-0.2, 0) is 0 Å². The first-order chi connectivity index (χ1) is 9.52. The van der Waals surface area contributed by atoms with Crippen LogP contribution in [0.15, 0.2) is 36.5 Å². The minimum atomic E-state index is -0.0676. The van der Waals surface area contributed by atoms with Gasteiger partial charge in [-0.1, -0.05) is 13.0 Å². The van der Waals surface area contributed by atoms with E-state index in [1.165, 1.54) is 0 Å². The third-order valence-corrected chi connectivity index (χ3v) is 3.52. The Hall–Kier alpha value is -2.30. The summed E-state index contributed by atoms with van der Waals surface area (Å²) < 4.78 is 1.66. The van der Waals surface area contributed by atoms with Crippen LogP contribution in [0.1, 0.15) is 30.8 Å². The Bertz CT molecular complexity index is 605. The second-order valence-corrected chi connectivity index (χ2v) is 4.91. The number of nitrogens with zero attached hydrogens (tertiary/aromatic N) is 3. The highest BCUT2D eigenvalue weighted by molar-refractivity contribution is 5.92. The van der Waals surface area contributed by atoms with E-state index < -0.39 is 0 Å². The van der Waals surface area contributed by atoms with Gasteiger partial charge in [0.2, 0.25) is 0 Å². The lowest BCUT2D eigenvalue weighted by Gasteiger charge is -2.22. The molecule has 2 rings (SSSR count). The van der Waals surface area contributed by atoms with Gasteiger partial charge in [-0.15, -0.1) is 0 Å². The van der Waals surface area contributed by atoms with E-state index in [4.69, 9.17) is 5.73 Å². The van der Waals surface area contributed by atoms with Gasteiger partial charge in [0.05, 0.1) is 5.69 Å². The fraction of sp³-hybridized carbons (Fsp3) is 0.333. The fourth-order valence-corrected chi connectivity index (χ4v) is 1.90. The molecule has 106 valence electrons. The zero-order chi connectivity index (χ0) is 14.7. The zero-order valence-corrected chi connectivity index (χ0v) is 12.1. The maximum Gasteiger partial charge on any atom is 0.274 e. The number of anilines is 1. The van der Waals surface area contributed by atoms with Crippen LogP contribution in [0.5, 0.6) is 0 Å². The fourth-order valence-electron chi connectivity index (χ4n) is 1.90. The van der Waals surface area contributed by atoms with Crippen LogP contribution in [0.2, 0.25) is 0 Å². The Balaban J connectivity index is 2.23. The Morgan fingerprint density at radius 2 is 2.20 bits per heavy atom. The van der Waals surface area contributed by atoms with E-state index in [-0.39, 0.29) is 11.9 Å². The van der Waals surface area contributed by atoms with Gasteiger partial charge in [-0.25, -0.2) is 4.68 Å². The number of hydrogen-bond acceptors (Lipinski definition) is 3. The quantitative estimate of drug-likeness (QED) is 0.869. The molecule has 2 aromatic rings. The standard InChI is InChI=1S/C15H20N4O/c1-4-11(2)18(3)15(20)14-8-9-19(17-14)13-7-5-6-12(16)10-13/h5-11H,4,16H2,1-3H3. The molecule has 5 heteroatoms. The number of hydrogen-bond donors (Lipinski definition) is 1. The summed E-state index contributed by atoms with van der Waals surface area (Å²) in [4.78, 5) is 14.0. The van der Waals surface area contributed by atoms with Crippen LogP contribution < -0.4 is 5.73 Å². The molecule has 0 aliphatic rings. The van der Waals surface area contributed by atoms with Gasteiger partial charge in [-0.05, 0) is 37.6 Å². The highest BCUT2D eigenvalue weighted by atomic mass is 16.2. The first-order valence-electron chi connectivity index (χ1n) is 6.71. The molecule has 5 nitrogen and oxygen atoms in total. The van der Waals surface area contributed by atoms with Gasteiger partial charge < -0.3 is 10.6 Å².